The molecule has 2 aliphatic rings. The minimum atomic E-state index is -4.54. The van der Waals surface area contributed by atoms with Crippen LogP contribution in [0.25, 0.3) is 10.9 Å². The number of anilines is 2. The van der Waals surface area contributed by atoms with Crippen LogP contribution in [0.2, 0.25) is 0 Å². The lowest BCUT2D eigenvalue weighted by Gasteiger charge is -2.44. The van der Waals surface area contributed by atoms with Gasteiger partial charge < -0.3 is 20.0 Å². The van der Waals surface area contributed by atoms with Gasteiger partial charge in [0, 0.05) is 36.6 Å². The van der Waals surface area contributed by atoms with Crippen LogP contribution in [0.1, 0.15) is 52.0 Å². The quantitative estimate of drug-likeness (QED) is 0.415. The minimum absolute atomic E-state index is 0.131. The molecule has 224 valence electrons. The summed E-state index contributed by atoms with van der Waals surface area (Å²) in [6.07, 6.45) is -0.411. The molecular weight excluding hydrogens is 545 g/mol. The molecule has 0 spiro atoms. The zero-order valence-electron chi connectivity index (χ0n) is 24.3. The Hall–Kier alpha value is -3.73. The highest BCUT2D eigenvalue weighted by atomic mass is 19.4. The van der Waals surface area contributed by atoms with Crippen molar-refractivity contribution in [1.29, 1.82) is 0 Å². The Morgan fingerprint density at radius 3 is 2.48 bits per heavy atom. The van der Waals surface area contributed by atoms with Crippen LogP contribution in [0.4, 0.5) is 24.7 Å². The molecule has 3 aromatic rings. The fourth-order valence-electron chi connectivity index (χ4n) is 6.42. The van der Waals surface area contributed by atoms with Crippen molar-refractivity contribution in [1.82, 2.24) is 25.1 Å². The normalized spacial score (nSPS) is 23.2. The van der Waals surface area contributed by atoms with E-state index in [1.54, 1.807) is 4.90 Å². The Kier molecular flexibility index (Phi) is 8.41. The monoisotopic (exact) mass is 582 g/mol. The Bertz CT molecular complexity index is 1430. The summed E-state index contributed by atoms with van der Waals surface area (Å²) in [5.41, 5.74) is 0.199. The van der Waals surface area contributed by atoms with Crippen molar-refractivity contribution < 1.29 is 22.8 Å². The highest BCUT2D eigenvalue weighted by molar-refractivity contribution is 5.97. The van der Waals surface area contributed by atoms with E-state index < -0.39 is 17.8 Å². The van der Waals surface area contributed by atoms with Crippen molar-refractivity contribution in [3.8, 4) is 0 Å². The van der Waals surface area contributed by atoms with Gasteiger partial charge in [-0.05, 0) is 76.9 Å². The van der Waals surface area contributed by atoms with Crippen molar-refractivity contribution in [3.05, 3.63) is 60.4 Å². The number of halogens is 3. The summed E-state index contributed by atoms with van der Waals surface area (Å²) >= 11 is 0. The number of aromatic nitrogens is 2. The Morgan fingerprint density at radius 2 is 1.81 bits per heavy atom. The molecule has 11 heteroatoms. The maximum atomic E-state index is 14.2. The SMILES string of the molecule is CC(=O)N[C@@H]1C[C@H](N(C)C(C)C)CC[C@@H]1N1CCC(N(c2ccccc2)c2ncnc3ccc(C(F)(F)F)cc23)C1=O. The lowest BCUT2D eigenvalue weighted by molar-refractivity contribution is -0.137. The standard InChI is InChI=1S/C31H37F3N6O2/c1-19(2)38(4)23-11-13-27(26(17-23)37-20(3)41)39-15-14-28(30(39)42)40(22-8-6-5-7-9-22)29-24-16-21(31(32,33)34)10-12-25(24)35-18-36-29/h5-10,12,16,18-19,23,26-28H,11,13-15,17H2,1-4H3,(H,37,41)/t23-,26-,27+,28?/m1/s1. The lowest BCUT2D eigenvalue weighted by atomic mass is 9.84. The summed E-state index contributed by atoms with van der Waals surface area (Å²) in [7, 11) is 2.09. The number of nitrogens with one attached hydrogen (secondary N) is 1. The van der Waals surface area contributed by atoms with Crippen LogP contribution in [0.5, 0.6) is 0 Å². The van der Waals surface area contributed by atoms with Gasteiger partial charge in [0.1, 0.15) is 18.2 Å². The second-order valence-corrected chi connectivity index (χ2v) is 11.6. The van der Waals surface area contributed by atoms with Crippen LogP contribution in [0, 0.1) is 0 Å². The molecule has 1 aromatic heterocycles. The molecule has 1 saturated heterocycles. The third-order valence-electron chi connectivity index (χ3n) is 8.69. The number of carbonyl (C=O) groups excluding carboxylic acids is 2. The van der Waals surface area contributed by atoms with Gasteiger partial charge >= 0.3 is 6.18 Å². The molecule has 1 aliphatic heterocycles. The smallest absolute Gasteiger partial charge is 0.351 e. The number of carbonyl (C=O) groups is 2. The summed E-state index contributed by atoms with van der Waals surface area (Å²) in [4.78, 5) is 41.0. The number of alkyl halides is 3. The van der Waals surface area contributed by atoms with Crippen molar-refractivity contribution >= 4 is 34.2 Å². The number of likely N-dealkylation sites (tertiary alicyclic amines) is 1. The van der Waals surface area contributed by atoms with Gasteiger partial charge in [-0.1, -0.05) is 18.2 Å². The van der Waals surface area contributed by atoms with E-state index in [0.717, 1.165) is 31.4 Å². The molecule has 0 bridgehead atoms. The largest absolute Gasteiger partial charge is 0.416 e. The molecule has 8 nitrogen and oxygen atoms in total. The summed E-state index contributed by atoms with van der Waals surface area (Å²) in [5, 5.41) is 3.32. The van der Waals surface area contributed by atoms with Gasteiger partial charge in [-0.2, -0.15) is 13.2 Å². The van der Waals surface area contributed by atoms with Gasteiger partial charge in [0.2, 0.25) is 11.8 Å². The van der Waals surface area contributed by atoms with E-state index in [1.165, 1.54) is 19.3 Å². The van der Waals surface area contributed by atoms with Crippen LogP contribution in [-0.4, -0.2) is 75.4 Å². The first-order valence-electron chi connectivity index (χ1n) is 14.4. The number of hydrogen-bond donors (Lipinski definition) is 1. The van der Waals surface area contributed by atoms with E-state index in [4.69, 9.17) is 0 Å². The Balaban J connectivity index is 1.51. The fraction of sp³-hybridized carbons (Fsp3) is 0.484. The van der Waals surface area contributed by atoms with Gasteiger partial charge in [-0.3, -0.25) is 9.59 Å². The highest BCUT2D eigenvalue weighted by Gasteiger charge is 2.45. The number of rotatable bonds is 7. The predicted molar refractivity (Wildman–Crippen MR) is 155 cm³/mol. The fourth-order valence-corrected chi connectivity index (χ4v) is 6.42. The lowest BCUT2D eigenvalue weighted by Crippen LogP contribution is -2.58. The number of amides is 2. The molecule has 1 aliphatic carbocycles. The van der Waals surface area contributed by atoms with Gasteiger partial charge in [-0.15, -0.1) is 0 Å². The van der Waals surface area contributed by atoms with E-state index in [1.807, 2.05) is 35.2 Å². The van der Waals surface area contributed by atoms with Crippen molar-refractivity contribution in [2.45, 2.75) is 82.8 Å². The molecule has 2 fully saturated rings. The topological polar surface area (TPSA) is 81.7 Å². The maximum absolute atomic E-state index is 14.2. The number of nitrogens with zero attached hydrogens (tertiary/aromatic N) is 5. The molecule has 1 saturated carbocycles. The second kappa shape index (κ2) is 11.9. The highest BCUT2D eigenvalue weighted by Crippen LogP contribution is 2.39. The summed E-state index contributed by atoms with van der Waals surface area (Å²) in [6.45, 7) is 6.24. The molecular formula is C31H37F3N6O2. The molecule has 2 heterocycles. The molecule has 1 N–H and O–H groups in total. The zero-order chi connectivity index (χ0) is 30.2. The number of benzene rings is 2. The van der Waals surface area contributed by atoms with Crippen LogP contribution >= 0.6 is 0 Å². The van der Waals surface area contributed by atoms with Crippen LogP contribution in [0.15, 0.2) is 54.9 Å². The number of fused-ring (bicyclic) bond motifs is 1. The van der Waals surface area contributed by atoms with Crippen molar-refractivity contribution in [2.24, 2.45) is 0 Å². The van der Waals surface area contributed by atoms with Gasteiger partial charge in [0.05, 0.1) is 23.2 Å². The molecule has 2 amide bonds. The first kappa shape index (κ1) is 29.8. The first-order valence-corrected chi connectivity index (χ1v) is 14.4. The second-order valence-electron chi connectivity index (χ2n) is 11.6. The van der Waals surface area contributed by atoms with E-state index in [2.05, 4.69) is 41.1 Å². The first-order chi connectivity index (χ1) is 20.0. The Morgan fingerprint density at radius 1 is 1.07 bits per heavy atom. The average molecular weight is 583 g/mol. The third kappa shape index (κ3) is 5.92. The summed E-state index contributed by atoms with van der Waals surface area (Å²) in [5.74, 6) is -0.0216. The van der Waals surface area contributed by atoms with Crippen molar-refractivity contribution in [2.75, 3.05) is 18.5 Å². The maximum Gasteiger partial charge on any atom is 0.416 e. The van der Waals surface area contributed by atoms with E-state index in [-0.39, 0.29) is 41.1 Å². The van der Waals surface area contributed by atoms with E-state index in [0.29, 0.717) is 30.2 Å². The van der Waals surface area contributed by atoms with Gasteiger partial charge in [-0.25, -0.2) is 9.97 Å². The Labute approximate surface area is 243 Å². The number of hydrogen-bond acceptors (Lipinski definition) is 6. The predicted octanol–water partition coefficient (Wildman–Crippen LogP) is 5.15. The third-order valence-corrected chi connectivity index (χ3v) is 8.69. The molecule has 0 radical (unpaired) electrons. The summed E-state index contributed by atoms with van der Waals surface area (Å²) < 4.78 is 41.1. The van der Waals surface area contributed by atoms with Gasteiger partial charge in [0.15, 0.2) is 0 Å². The van der Waals surface area contributed by atoms with Crippen LogP contribution < -0.4 is 10.2 Å². The van der Waals surface area contributed by atoms with Crippen LogP contribution in [0.3, 0.4) is 0 Å². The van der Waals surface area contributed by atoms with Crippen molar-refractivity contribution in [3.63, 3.8) is 0 Å². The number of para-hydroxylation sites is 1. The average Bonchev–Trinajstić information content (AvgIpc) is 3.32. The zero-order valence-corrected chi connectivity index (χ0v) is 24.3. The molecule has 4 atom stereocenters. The minimum Gasteiger partial charge on any atom is -0.351 e. The molecule has 1 unspecified atom stereocenters. The summed E-state index contributed by atoms with van der Waals surface area (Å²) in [6, 6.07) is 12.1. The van der Waals surface area contributed by atoms with Gasteiger partial charge in [0.25, 0.3) is 0 Å². The van der Waals surface area contributed by atoms with E-state index in [9.17, 15) is 22.8 Å². The molecule has 42 heavy (non-hydrogen) atoms. The molecule has 5 rings (SSSR count). The van der Waals surface area contributed by atoms with Crippen LogP contribution in [-0.2, 0) is 15.8 Å². The molecule has 2 aromatic carbocycles. The van der Waals surface area contributed by atoms with E-state index >= 15 is 0 Å².